The van der Waals surface area contributed by atoms with Crippen molar-refractivity contribution >= 4 is 27.5 Å². The summed E-state index contributed by atoms with van der Waals surface area (Å²) in [5.74, 6) is 0. The van der Waals surface area contributed by atoms with Gasteiger partial charge in [0.05, 0.1) is 5.69 Å². The van der Waals surface area contributed by atoms with E-state index in [2.05, 4.69) is 38.6 Å². The summed E-state index contributed by atoms with van der Waals surface area (Å²) in [6, 6.07) is 2.12. The van der Waals surface area contributed by atoms with Crippen LogP contribution in [0.2, 0.25) is 0 Å². The van der Waals surface area contributed by atoms with Crippen LogP contribution in [-0.2, 0) is 20.0 Å². The van der Waals surface area contributed by atoms with Gasteiger partial charge in [0.1, 0.15) is 5.01 Å². The smallest absolute Gasteiger partial charge is 0.205 e. The van der Waals surface area contributed by atoms with Crippen LogP contribution in [0.3, 0.4) is 0 Å². The Morgan fingerprint density at radius 3 is 2.95 bits per heavy atom. The van der Waals surface area contributed by atoms with Gasteiger partial charge in [0.25, 0.3) is 0 Å². The number of hydrogen-bond acceptors (Lipinski definition) is 6. The maximum atomic E-state index is 4.46. The number of fused-ring (bicyclic) bond motifs is 1. The molecule has 0 aromatic carbocycles. The highest BCUT2D eigenvalue weighted by Crippen LogP contribution is 2.19. The maximum Gasteiger partial charge on any atom is 0.205 e. The predicted octanol–water partition coefficient (Wildman–Crippen LogP) is 2.30. The van der Waals surface area contributed by atoms with Crippen LogP contribution in [0.4, 0.5) is 5.13 Å². The minimum Gasteiger partial charge on any atom is -0.356 e. The van der Waals surface area contributed by atoms with Crippen molar-refractivity contribution in [1.29, 1.82) is 0 Å². The van der Waals surface area contributed by atoms with Gasteiger partial charge in [0.15, 0.2) is 5.65 Å². The zero-order valence-electron chi connectivity index (χ0n) is 11.7. The number of rotatable bonds is 4. The van der Waals surface area contributed by atoms with E-state index in [4.69, 9.17) is 0 Å². The summed E-state index contributed by atoms with van der Waals surface area (Å²) in [6.45, 7) is 4.77. The molecule has 0 unspecified atom stereocenters. The summed E-state index contributed by atoms with van der Waals surface area (Å²) in [5.41, 5.74) is 3.03. The van der Waals surface area contributed by atoms with Crippen LogP contribution in [0.5, 0.6) is 0 Å². The number of aryl methyl sites for hydroxylation is 3. The van der Waals surface area contributed by atoms with Crippen molar-refractivity contribution in [2.24, 2.45) is 7.05 Å². The maximum absolute atomic E-state index is 4.46. The Balaban J connectivity index is 1.79. The van der Waals surface area contributed by atoms with E-state index in [1.165, 1.54) is 0 Å². The largest absolute Gasteiger partial charge is 0.356 e. The van der Waals surface area contributed by atoms with E-state index in [-0.39, 0.29) is 0 Å². The molecule has 0 fully saturated rings. The Hall–Kier alpha value is -2.02. The first-order valence-corrected chi connectivity index (χ1v) is 7.33. The first-order chi connectivity index (χ1) is 9.67. The van der Waals surface area contributed by atoms with Crippen LogP contribution < -0.4 is 5.32 Å². The standard InChI is InChI=1S/C13H16N6S/c1-4-11-16-17-13(20-11)15-7-9-5-10-8(2)18-19(3)12(10)14-6-9/h5-6H,4,7H2,1-3H3,(H,15,17). The molecule has 6 nitrogen and oxygen atoms in total. The molecule has 20 heavy (non-hydrogen) atoms. The summed E-state index contributed by atoms with van der Waals surface area (Å²) in [7, 11) is 1.91. The van der Waals surface area contributed by atoms with Crippen molar-refractivity contribution in [3.63, 3.8) is 0 Å². The van der Waals surface area contributed by atoms with Gasteiger partial charge in [0, 0.05) is 25.2 Å². The lowest BCUT2D eigenvalue weighted by Crippen LogP contribution is -2.00. The second kappa shape index (κ2) is 5.16. The monoisotopic (exact) mass is 288 g/mol. The summed E-state index contributed by atoms with van der Waals surface area (Å²) >= 11 is 1.59. The van der Waals surface area contributed by atoms with Gasteiger partial charge in [0.2, 0.25) is 5.13 Å². The molecule has 0 radical (unpaired) electrons. The van der Waals surface area contributed by atoms with E-state index in [1.54, 1.807) is 16.0 Å². The normalized spacial score (nSPS) is 11.2. The third kappa shape index (κ3) is 2.36. The zero-order chi connectivity index (χ0) is 14.1. The molecule has 3 heterocycles. The SMILES string of the molecule is CCc1nnc(NCc2cnc3c(c2)c(C)nn3C)s1. The molecule has 0 aliphatic rings. The van der Waals surface area contributed by atoms with Crippen molar-refractivity contribution in [2.75, 3.05) is 5.32 Å². The molecule has 3 aromatic rings. The van der Waals surface area contributed by atoms with E-state index in [9.17, 15) is 0 Å². The van der Waals surface area contributed by atoms with Crippen molar-refractivity contribution < 1.29 is 0 Å². The highest BCUT2D eigenvalue weighted by atomic mass is 32.1. The van der Waals surface area contributed by atoms with Gasteiger partial charge in [-0.3, -0.25) is 4.68 Å². The van der Waals surface area contributed by atoms with E-state index >= 15 is 0 Å². The number of nitrogens with one attached hydrogen (secondary N) is 1. The van der Waals surface area contributed by atoms with Crippen LogP contribution >= 0.6 is 11.3 Å². The van der Waals surface area contributed by atoms with E-state index in [0.29, 0.717) is 6.54 Å². The number of anilines is 1. The van der Waals surface area contributed by atoms with Crippen LogP contribution in [0.1, 0.15) is 23.2 Å². The molecular formula is C13H16N6S. The van der Waals surface area contributed by atoms with Crippen molar-refractivity contribution in [3.8, 4) is 0 Å². The average molecular weight is 288 g/mol. The third-order valence-electron chi connectivity index (χ3n) is 3.13. The molecule has 0 saturated carbocycles. The minimum atomic E-state index is 0.690. The lowest BCUT2D eigenvalue weighted by molar-refractivity contribution is 0.773. The van der Waals surface area contributed by atoms with Crippen molar-refractivity contribution in [3.05, 3.63) is 28.5 Å². The number of hydrogen-bond donors (Lipinski definition) is 1. The molecule has 104 valence electrons. The summed E-state index contributed by atoms with van der Waals surface area (Å²) in [5, 5.41) is 18.9. The first-order valence-electron chi connectivity index (χ1n) is 6.52. The molecular weight excluding hydrogens is 272 g/mol. The van der Waals surface area contributed by atoms with Gasteiger partial charge in [-0.15, -0.1) is 10.2 Å². The topological polar surface area (TPSA) is 68.5 Å². The average Bonchev–Trinajstić information content (AvgIpc) is 3.02. The van der Waals surface area contributed by atoms with Crippen molar-refractivity contribution in [1.82, 2.24) is 25.0 Å². The predicted molar refractivity (Wildman–Crippen MR) is 79.9 cm³/mol. The molecule has 0 spiro atoms. The molecule has 0 aliphatic carbocycles. The lowest BCUT2D eigenvalue weighted by atomic mass is 10.2. The van der Waals surface area contributed by atoms with E-state index < -0.39 is 0 Å². The third-order valence-corrected chi connectivity index (χ3v) is 4.16. The molecule has 0 saturated heterocycles. The Morgan fingerprint density at radius 1 is 1.35 bits per heavy atom. The number of aromatic nitrogens is 5. The Labute approximate surface area is 120 Å². The van der Waals surface area contributed by atoms with Crippen LogP contribution in [0.25, 0.3) is 11.0 Å². The summed E-state index contributed by atoms with van der Waals surface area (Å²) in [6.07, 6.45) is 2.79. The van der Waals surface area contributed by atoms with E-state index in [1.807, 2.05) is 20.2 Å². The van der Waals surface area contributed by atoms with Crippen molar-refractivity contribution in [2.45, 2.75) is 26.8 Å². The van der Waals surface area contributed by atoms with Gasteiger partial charge >= 0.3 is 0 Å². The summed E-state index contributed by atoms with van der Waals surface area (Å²) in [4.78, 5) is 4.46. The fourth-order valence-corrected chi connectivity index (χ4v) is 2.77. The molecule has 0 atom stereocenters. The fourth-order valence-electron chi connectivity index (χ4n) is 2.09. The van der Waals surface area contributed by atoms with E-state index in [0.717, 1.165) is 38.9 Å². The molecule has 7 heteroatoms. The Kier molecular flexibility index (Phi) is 3.35. The molecule has 0 aliphatic heterocycles. The highest BCUT2D eigenvalue weighted by Gasteiger charge is 2.07. The zero-order valence-corrected chi connectivity index (χ0v) is 12.5. The minimum absolute atomic E-state index is 0.690. The van der Waals surface area contributed by atoms with Gasteiger partial charge in [-0.25, -0.2) is 4.98 Å². The van der Waals surface area contributed by atoms with Gasteiger partial charge in [-0.1, -0.05) is 18.3 Å². The van der Waals surface area contributed by atoms with Crippen LogP contribution in [0.15, 0.2) is 12.3 Å². The highest BCUT2D eigenvalue weighted by molar-refractivity contribution is 7.15. The van der Waals surface area contributed by atoms with Crippen LogP contribution in [0, 0.1) is 6.92 Å². The molecule has 1 N–H and O–H groups in total. The quantitative estimate of drug-likeness (QED) is 0.798. The molecule has 0 bridgehead atoms. The fraction of sp³-hybridized carbons (Fsp3) is 0.385. The van der Waals surface area contributed by atoms with Crippen LogP contribution in [-0.4, -0.2) is 25.0 Å². The first kappa shape index (κ1) is 13.0. The number of pyridine rings is 1. The molecule has 0 amide bonds. The van der Waals surface area contributed by atoms with Gasteiger partial charge < -0.3 is 5.32 Å². The summed E-state index contributed by atoms with van der Waals surface area (Å²) < 4.78 is 1.81. The second-order valence-electron chi connectivity index (χ2n) is 4.63. The number of nitrogens with zero attached hydrogens (tertiary/aromatic N) is 5. The van der Waals surface area contributed by atoms with Gasteiger partial charge in [-0.2, -0.15) is 5.10 Å². The molecule has 3 aromatic heterocycles. The second-order valence-corrected chi connectivity index (χ2v) is 5.69. The Bertz CT molecular complexity index is 744. The lowest BCUT2D eigenvalue weighted by Gasteiger charge is -2.02. The Morgan fingerprint density at radius 2 is 2.20 bits per heavy atom. The molecule has 3 rings (SSSR count). The van der Waals surface area contributed by atoms with Gasteiger partial charge in [-0.05, 0) is 25.0 Å².